The van der Waals surface area contributed by atoms with Crippen molar-refractivity contribution >= 4 is 0 Å². The number of hydrogen-bond acceptors (Lipinski definition) is 1. The maximum Gasteiger partial charge on any atom is 0.390 e. The zero-order valence-electron chi connectivity index (χ0n) is 4.90. The van der Waals surface area contributed by atoms with Gasteiger partial charge in [-0.25, -0.2) is 4.39 Å². The maximum absolute atomic E-state index is 11.9. The fourth-order valence-corrected chi connectivity index (χ4v) is 0.250. The van der Waals surface area contributed by atoms with Crippen LogP contribution in [0.15, 0.2) is 12.7 Å². The van der Waals surface area contributed by atoms with Crippen molar-refractivity contribution in [2.24, 2.45) is 0 Å². The van der Waals surface area contributed by atoms with E-state index in [1.54, 1.807) is 0 Å². The SMILES string of the molecule is C=CC(F)C(F)(F)OC. The molecule has 0 aliphatic rings. The fourth-order valence-electron chi connectivity index (χ4n) is 0.250. The van der Waals surface area contributed by atoms with Gasteiger partial charge in [-0.15, -0.1) is 0 Å². The van der Waals surface area contributed by atoms with Crippen LogP contribution in [0.3, 0.4) is 0 Å². The minimum atomic E-state index is -3.73. The first kappa shape index (κ1) is 8.49. The Hall–Kier alpha value is -0.510. The lowest BCUT2D eigenvalue weighted by molar-refractivity contribution is -0.248. The van der Waals surface area contributed by atoms with Crippen molar-refractivity contribution in [2.75, 3.05) is 7.11 Å². The molecule has 0 saturated heterocycles. The molecule has 0 rings (SSSR count). The van der Waals surface area contributed by atoms with E-state index in [0.717, 1.165) is 7.11 Å². The van der Waals surface area contributed by atoms with E-state index < -0.39 is 12.3 Å². The molecule has 4 heteroatoms. The Kier molecular flexibility index (Phi) is 2.70. The summed E-state index contributed by atoms with van der Waals surface area (Å²) in [7, 11) is 0.732. The highest BCUT2D eigenvalue weighted by molar-refractivity contribution is 4.84. The molecular weight excluding hydrogens is 133 g/mol. The molecule has 0 spiro atoms. The van der Waals surface area contributed by atoms with Gasteiger partial charge in [-0.1, -0.05) is 6.58 Å². The predicted molar refractivity (Wildman–Crippen MR) is 27.0 cm³/mol. The molecule has 0 aromatic heterocycles. The van der Waals surface area contributed by atoms with Crippen LogP contribution >= 0.6 is 0 Å². The molecule has 0 aromatic rings. The molecule has 9 heavy (non-hydrogen) atoms. The summed E-state index contributed by atoms with van der Waals surface area (Å²) in [5.74, 6) is 0. The summed E-state index contributed by atoms with van der Waals surface area (Å²) in [6.07, 6.45) is -5.67. The van der Waals surface area contributed by atoms with Crippen LogP contribution in [0.1, 0.15) is 0 Å². The molecule has 0 amide bonds. The molecule has 0 bridgehead atoms. The first-order valence-electron chi connectivity index (χ1n) is 2.24. The number of ether oxygens (including phenoxy) is 1. The average molecular weight is 140 g/mol. The molecule has 0 aromatic carbocycles. The molecule has 0 radical (unpaired) electrons. The molecule has 0 heterocycles. The van der Waals surface area contributed by atoms with E-state index in [4.69, 9.17) is 0 Å². The Labute approximate surface area is 51.1 Å². The van der Waals surface area contributed by atoms with E-state index in [0.29, 0.717) is 6.08 Å². The van der Waals surface area contributed by atoms with E-state index in [1.165, 1.54) is 0 Å². The fraction of sp³-hybridized carbons (Fsp3) is 0.600. The third-order valence-corrected chi connectivity index (χ3v) is 0.800. The number of methoxy groups -OCH3 is 1. The quantitative estimate of drug-likeness (QED) is 0.542. The number of rotatable bonds is 3. The number of halogens is 3. The van der Waals surface area contributed by atoms with Gasteiger partial charge in [0.05, 0.1) is 0 Å². The van der Waals surface area contributed by atoms with Crippen molar-refractivity contribution in [1.82, 2.24) is 0 Å². The van der Waals surface area contributed by atoms with Crippen LogP contribution in [0.4, 0.5) is 13.2 Å². The smallest absolute Gasteiger partial charge is 0.321 e. The maximum atomic E-state index is 11.9. The average Bonchev–Trinajstić information content (AvgIpc) is 1.86. The van der Waals surface area contributed by atoms with Crippen LogP contribution in [0.25, 0.3) is 0 Å². The van der Waals surface area contributed by atoms with Crippen LogP contribution in [0.2, 0.25) is 0 Å². The Morgan fingerprint density at radius 2 is 2.11 bits per heavy atom. The molecular formula is C5H7F3O. The minimum Gasteiger partial charge on any atom is -0.321 e. The summed E-state index contributed by atoms with van der Waals surface area (Å²) < 4.78 is 39.2. The van der Waals surface area contributed by atoms with E-state index in [2.05, 4.69) is 11.3 Å². The molecule has 1 atom stereocenters. The van der Waals surface area contributed by atoms with Crippen molar-refractivity contribution < 1.29 is 17.9 Å². The molecule has 1 unspecified atom stereocenters. The third-order valence-electron chi connectivity index (χ3n) is 0.800. The van der Waals surface area contributed by atoms with Gasteiger partial charge >= 0.3 is 6.11 Å². The summed E-state index contributed by atoms with van der Waals surface area (Å²) in [5, 5.41) is 0. The third kappa shape index (κ3) is 2.05. The zero-order chi connectivity index (χ0) is 7.49. The second-order valence-electron chi connectivity index (χ2n) is 1.40. The molecule has 54 valence electrons. The van der Waals surface area contributed by atoms with E-state index in [-0.39, 0.29) is 0 Å². The lowest BCUT2D eigenvalue weighted by Crippen LogP contribution is -2.29. The van der Waals surface area contributed by atoms with Crippen LogP contribution < -0.4 is 0 Å². The highest BCUT2D eigenvalue weighted by Gasteiger charge is 2.37. The summed E-state index contributed by atoms with van der Waals surface area (Å²) >= 11 is 0. The molecule has 0 aliphatic carbocycles. The highest BCUT2D eigenvalue weighted by Crippen LogP contribution is 2.22. The molecule has 0 saturated carbocycles. The second kappa shape index (κ2) is 2.87. The summed E-state index contributed by atoms with van der Waals surface area (Å²) in [6, 6.07) is 0. The van der Waals surface area contributed by atoms with Crippen LogP contribution in [-0.2, 0) is 4.74 Å². The molecule has 1 nitrogen and oxygen atoms in total. The van der Waals surface area contributed by atoms with Gasteiger partial charge < -0.3 is 4.74 Å². The first-order chi connectivity index (χ1) is 4.04. The van der Waals surface area contributed by atoms with E-state index in [1.807, 2.05) is 0 Å². The normalized spacial score (nSPS) is 15.1. The van der Waals surface area contributed by atoms with Crippen molar-refractivity contribution in [3.63, 3.8) is 0 Å². The van der Waals surface area contributed by atoms with Gasteiger partial charge in [0.1, 0.15) is 0 Å². The van der Waals surface area contributed by atoms with Gasteiger partial charge in [-0.3, -0.25) is 0 Å². The Morgan fingerprint density at radius 1 is 1.67 bits per heavy atom. The highest BCUT2D eigenvalue weighted by atomic mass is 19.3. The molecule has 0 fully saturated rings. The van der Waals surface area contributed by atoms with Crippen LogP contribution in [-0.4, -0.2) is 19.4 Å². The van der Waals surface area contributed by atoms with E-state index >= 15 is 0 Å². The lowest BCUT2D eigenvalue weighted by Gasteiger charge is -2.14. The van der Waals surface area contributed by atoms with Gasteiger partial charge in [0.2, 0.25) is 6.17 Å². The van der Waals surface area contributed by atoms with Crippen molar-refractivity contribution in [2.45, 2.75) is 12.3 Å². The Bertz CT molecular complexity index is 102. The van der Waals surface area contributed by atoms with Gasteiger partial charge in [0.25, 0.3) is 0 Å². The number of hydrogen-bond donors (Lipinski definition) is 0. The Morgan fingerprint density at radius 3 is 2.22 bits per heavy atom. The largest absolute Gasteiger partial charge is 0.390 e. The van der Waals surface area contributed by atoms with Gasteiger partial charge in [0.15, 0.2) is 0 Å². The lowest BCUT2D eigenvalue weighted by atomic mass is 10.4. The van der Waals surface area contributed by atoms with Crippen molar-refractivity contribution in [1.29, 1.82) is 0 Å². The van der Waals surface area contributed by atoms with Gasteiger partial charge in [-0.2, -0.15) is 8.78 Å². The molecule has 0 aliphatic heterocycles. The van der Waals surface area contributed by atoms with E-state index in [9.17, 15) is 13.2 Å². The van der Waals surface area contributed by atoms with Crippen LogP contribution in [0.5, 0.6) is 0 Å². The van der Waals surface area contributed by atoms with Gasteiger partial charge in [-0.05, 0) is 6.08 Å². The van der Waals surface area contributed by atoms with Crippen LogP contribution in [0, 0.1) is 0 Å². The van der Waals surface area contributed by atoms with Crippen molar-refractivity contribution in [3.8, 4) is 0 Å². The monoisotopic (exact) mass is 140 g/mol. The minimum absolute atomic E-state index is 0.490. The first-order valence-corrected chi connectivity index (χ1v) is 2.24. The summed E-state index contributed by atoms with van der Waals surface area (Å²) in [5.41, 5.74) is 0. The number of alkyl halides is 3. The predicted octanol–water partition coefficient (Wildman–Crippen LogP) is 1.75. The topological polar surface area (TPSA) is 9.23 Å². The van der Waals surface area contributed by atoms with Crippen molar-refractivity contribution in [3.05, 3.63) is 12.7 Å². The molecule has 0 N–H and O–H groups in total. The second-order valence-corrected chi connectivity index (χ2v) is 1.40. The summed E-state index contributed by atoms with van der Waals surface area (Å²) in [6.45, 7) is 2.84. The Balaban J connectivity index is 3.95. The standard InChI is InChI=1S/C5H7F3O/c1-3-4(6)5(7,8)9-2/h3-4H,1H2,2H3. The van der Waals surface area contributed by atoms with Gasteiger partial charge in [0, 0.05) is 7.11 Å². The summed E-state index contributed by atoms with van der Waals surface area (Å²) in [4.78, 5) is 0. The zero-order valence-corrected chi connectivity index (χ0v) is 4.90.